The van der Waals surface area contributed by atoms with Gasteiger partial charge in [0, 0.05) is 52.9 Å². The summed E-state index contributed by atoms with van der Waals surface area (Å²) in [7, 11) is 1.53. The normalized spacial score (nSPS) is 16.2. The molecule has 1 aromatic carbocycles. The van der Waals surface area contributed by atoms with E-state index < -0.39 is 11.6 Å². The van der Waals surface area contributed by atoms with Crippen LogP contribution in [0.3, 0.4) is 0 Å². The maximum absolute atomic E-state index is 16.0. The SMILES string of the molecule is C=CC(=O)N1CCn2nc(-c3nc(-c4cnnc(C5CC5)c4)c4ccsc4c3-c3c(F)cc(F)cc3OCCOC)cc2[C@H]1C. The average molecular weight is 629 g/mol. The number of thiophene rings is 1. The molecule has 12 heteroatoms. The van der Waals surface area contributed by atoms with Crippen molar-refractivity contribution in [1.29, 1.82) is 0 Å². The quantitative estimate of drug-likeness (QED) is 0.135. The highest BCUT2D eigenvalue weighted by molar-refractivity contribution is 7.18. The standard InChI is InChI=1S/C33H30F2N6O3S/c1-4-28(42)40-8-9-41-26(18(40)2)16-25(39-41)32-30(29-23(35)14-21(34)15-27(29)44-11-10-43-3)33-22(7-12-45-33)31(37-32)20-13-24(19-5-6-19)38-36-17-20/h4,7,12-19H,1,5-6,8-11H2,2-3H3/t18-/m1/s1. The molecule has 9 nitrogen and oxygen atoms in total. The lowest BCUT2D eigenvalue weighted by molar-refractivity contribution is -0.129. The molecule has 0 bridgehead atoms. The molecular weight excluding hydrogens is 598 g/mol. The number of amides is 1. The number of rotatable bonds is 9. The number of benzene rings is 1. The molecule has 5 heterocycles. The minimum atomic E-state index is -0.783. The van der Waals surface area contributed by atoms with Crippen molar-refractivity contribution in [3.8, 4) is 39.5 Å². The maximum atomic E-state index is 16.0. The molecule has 0 spiro atoms. The summed E-state index contributed by atoms with van der Waals surface area (Å²) in [5.74, 6) is -1.28. The molecule has 5 aromatic rings. The summed E-state index contributed by atoms with van der Waals surface area (Å²) < 4.78 is 44.2. The van der Waals surface area contributed by atoms with E-state index in [-0.39, 0.29) is 36.5 Å². The van der Waals surface area contributed by atoms with Crippen molar-refractivity contribution < 1.29 is 23.0 Å². The second-order valence-electron chi connectivity index (χ2n) is 11.2. The Morgan fingerprint density at radius 2 is 1.98 bits per heavy atom. The molecule has 0 unspecified atom stereocenters. The van der Waals surface area contributed by atoms with Crippen LogP contribution in [0.25, 0.3) is 43.9 Å². The number of fused-ring (bicyclic) bond motifs is 2. The van der Waals surface area contributed by atoms with Crippen molar-refractivity contribution in [2.24, 2.45) is 0 Å². The van der Waals surface area contributed by atoms with Crippen LogP contribution in [-0.2, 0) is 16.1 Å². The molecule has 1 aliphatic heterocycles. The van der Waals surface area contributed by atoms with E-state index in [2.05, 4.69) is 16.8 Å². The van der Waals surface area contributed by atoms with Gasteiger partial charge in [0.25, 0.3) is 0 Å². The summed E-state index contributed by atoms with van der Waals surface area (Å²) in [6.45, 7) is 6.84. The van der Waals surface area contributed by atoms with E-state index in [0.29, 0.717) is 41.7 Å². The van der Waals surface area contributed by atoms with Gasteiger partial charge in [-0.25, -0.2) is 13.8 Å². The zero-order valence-corrected chi connectivity index (χ0v) is 25.6. The lowest BCUT2D eigenvalue weighted by Gasteiger charge is -2.33. The number of hydrogen-bond acceptors (Lipinski definition) is 8. The third kappa shape index (κ3) is 5.27. The van der Waals surface area contributed by atoms with Crippen LogP contribution in [0.4, 0.5) is 8.78 Å². The van der Waals surface area contributed by atoms with Gasteiger partial charge in [-0.05, 0) is 49.4 Å². The van der Waals surface area contributed by atoms with E-state index in [1.54, 1.807) is 11.1 Å². The highest BCUT2D eigenvalue weighted by Gasteiger charge is 2.32. The fourth-order valence-corrected chi connectivity index (χ4v) is 6.88. The first-order chi connectivity index (χ1) is 21.9. The Bertz CT molecular complexity index is 1950. The van der Waals surface area contributed by atoms with Crippen LogP contribution in [0.15, 0.2) is 54.6 Å². The predicted molar refractivity (Wildman–Crippen MR) is 167 cm³/mol. The number of halogens is 2. The molecule has 1 amide bonds. The minimum absolute atomic E-state index is 0.0387. The molecule has 2 aliphatic rings. The van der Waals surface area contributed by atoms with Gasteiger partial charge in [-0.1, -0.05) is 6.58 Å². The van der Waals surface area contributed by atoms with E-state index in [1.807, 2.05) is 35.2 Å². The van der Waals surface area contributed by atoms with Gasteiger partial charge < -0.3 is 14.4 Å². The largest absolute Gasteiger partial charge is 0.490 e. The Labute approximate surface area is 262 Å². The van der Waals surface area contributed by atoms with Crippen LogP contribution in [0.1, 0.15) is 43.1 Å². The first-order valence-electron chi connectivity index (χ1n) is 14.7. The Balaban J connectivity index is 1.48. The highest BCUT2D eigenvalue weighted by atomic mass is 32.1. The number of nitrogens with zero attached hydrogens (tertiary/aromatic N) is 6. The summed E-state index contributed by atoms with van der Waals surface area (Å²) in [5.41, 5.74) is 4.61. The van der Waals surface area contributed by atoms with Crippen molar-refractivity contribution in [3.63, 3.8) is 0 Å². The van der Waals surface area contributed by atoms with Crippen molar-refractivity contribution in [2.45, 2.75) is 38.3 Å². The fourth-order valence-electron chi connectivity index (χ4n) is 5.93. The van der Waals surface area contributed by atoms with Gasteiger partial charge in [0.2, 0.25) is 5.91 Å². The van der Waals surface area contributed by atoms with Crippen LogP contribution < -0.4 is 4.74 Å². The number of pyridine rings is 1. The molecule has 7 rings (SSSR count). The van der Waals surface area contributed by atoms with Gasteiger partial charge in [0.15, 0.2) is 0 Å². The molecular formula is C33H30F2N6O3S. The lowest BCUT2D eigenvalue weighted by atomic mass is 9.96. The van der Waals surface area contributed by atoms with E-state index in [4.69, 9.17) is 19.6 Å². The first kappa shape index (κ1) is 29.2. The second kappa shape index (κ2) is 11.8. The molecule has 1 atom stereocenters. The van der Waals surface area contributed by atoms with Crippen molar-refractivity contribution in [2.75, 3.05) is 26.9 Å². The molecule has 0 N–H and O–H groups in total. The number of hydrogen-bond donors (Lipinski definition) is 0. The minimum Gasteiger partial charge on any atom is -0.490 e. The lowest BCUT2D eigenvalue weighted by Crippen LogP contribution is -2.40. The molecule has 0 saturated heterocycles. The van der Waals surface area contributed by atoms with Crippen molar-refractivity contribution in [3.05, 3.63) is 77.6 Å². The van der Waals surface area contributed by atoms with Crippen molar-refractivity contribution in [1.82, 2.24) is 29.9 Å². The highest BCUT2D eigenvalue weighted by Crippen LogP contribution is 2.48. The molecule has 1 fully saturated rings. The van der Waals surface area contributed by atoms with E-state index in [9.17, 15) is 9.18 Å². The van der Waals surface area contributed by atoms with Crippen LogP contribution in [0.5, 0.6) is 5.75 Å². The Hall–Kier alpha value is -4.55. The summed E-state index contributed by atoms with van der Waals surface area (Å²) in [6, 6.07) is 7.60. The zero-order valence-electron chi connectivity index (χ0n) is 24.8. The Kier molecular flexibility index (Phi) is 7.62. The van der Waals surface area contributed by atoms with E-state index in [0.717, 1.165) is 45.9 Å². The zero-order chi connectivity index (χ0) is 31.2. The topological polar surface area (TPSA) is 95.3 Å². The maximum Gasteiger partial charge on any atom is 0.246 e. The monoisotopic (exact) mass is 628 g/mol. The number of carbonyl (C=O) groups is 1. The van der Waals surface area contributed by atoms with E-state index in [1.165, 1.54) is 30.6 Å². The van der Waals surface area contributed by atoms with Gasteiger partial charge in [0.1, 0.15) is 35.4 Å². The van der Waals surface area contributed by atoms with Gasteiger partial charge in [0.05, 0.1) is 48.0 Å². The number of aromatic nitrogens is 5. The fraction of sp³-hybridized carbons (Fsp3) is 0.303. The number of carbonyl (C=O) groups excluding carboxylic acids is 1. The van der Waals surface area contributed by atoms with E-state index >= 15 is 4.39 Å². The summed E-state index contributed by atoms with van der Waals surface area (Å²) in [4.78, 5) is 19.5. The summed E-state index contributed by atoms with van der Waals surface area (Å²) in [6.07, 6.45) is 5.14. The molecule has 4 aromatic heterocycles. The predicted octanol–water partition coefficient (Wildman–Crippen LogP) is 6.55. The first-order valence-corrected chi connectivity index (χ1v) is 15.6. The van der Waals surface area contributed by atoms with Gasteiger partial charge in [-0.15, -0.1) is 11.3 Å². The van der Waals surface area contributed by atoms with Crippen LogP contribution in [-0.4, -0.2) is 62.6 Å². The second-order valence-corrected chi connectivity index (χ2v) is 12.1. The van der Waals surface area contributed by atoms with Gasteiger partial charge in [-0.2, -0.15) is 15.3 Å². The smallest absolute Gasteiger partial charge is 0.246 e. The molecule has 1 aliphatic carbocycles. The Morgan fingerprint density at radius 1 is 1.13 bits per heavy atom. The van der Waals surface area contributed by atoms with Crippen LogP contribution >= 0.6 is 11.3 Å². The van der Waals surface area contributed by atoms with Crippen LogP contribution in [0.2, 0.25) is 0 Å². The average Bonchev–Trinajstić information content (AvgIpc) is 3.61. The molecule has 0 radical (unpaired) electrons. The van der Waals surface area contributed by atoms with Crippen molar-refractivity contribution >= 4 is 27.3 Å². The van der Waals surface area contributed by atoms with Crippen LogP contribution in [0, 0.1) is 11.6 Å². The summed E-state index contributed by atoms with van der Waals surface area (Å²) in [5, 5.41) is 16.3. The summed E-state index contributed by atoms with van der Waals surface area (Å²) >= 11 is 1.43. The van der Waals surface area contributed by atoms with Gasteiger partial charge in [-0.3, -0.25) is 9.48 Å². The molecule has 45 heavy (non-hydrogen) atoms. The molecule has 1 saturated carbocycles. The third-order valence-electron chi connectivity index (χ3n) is 8.32. The van der Waals surface area contributed by atoms with Gasteiger partial charge >= 0.3 is 0 Å². The third-order valence-corrected chi connectivity index (χ3v) is 9.26. The Morgan fingerprint density at radius 3 is 2.76 bits per heavy atom. The number of methoxy groups -OCH3 is 1. The molecule has 230 valence electrons. The number of ether oxygens (including phenoxy) is 2.